The zero-order valence-electron chi connectivity index (χ0n) is 8.87. The van der Waals surface area contributed by atoms with E-state index in [1.807, 2.05) is 0 Å². The second kappa shape index (κ2) is 4.85. The first-order valence-electron chi connectivity index (χ1n) is 4.74. The number of methoxy groups -OCH3 is 1. The number of halogens is 2. The molecule has 0 saturated carbocycles. The predicted molar refractivity (Wildman–Crippen MR) is 65.7 cm³/mol. The lowest BCUT2D eigenvalue weighted by Gasteiger charge is -2.03. The van der Waals surface area contributed by atoms with Crippen molar-refractivity contribution in [3.8, 4) is 5.75 Å². The Kier molecular flexibility index (Phi) is 3.45. The fourth-order valence-corrected chi connectivity index (χ4v) is 2.33. The van der Waals surface area contributed by atoms with Gasteiger partial charge in [-0.2, -0.15) is 0 Å². The number of ketones is 1. The van der Waals surface area contributed by atoms with Gasteiger partial charge in [0.25, 0.3) is 0 Å². The smallest absolute Gasteiger partial charge is 0.206 e. The van der Waals surface area contributed by atoms with E-state index in [1.54, 1.807) is 11.4 Å². The third-order valence-electron chi connectivity index (χ3n) is 2.24. The maximum atomic E-state index is 13.3. The topological polar surface area (TPSA) is 26.3 Å². The molecule has 5 heteroatoms. The van der Waals surface area contributed by atoms with E-state index >= 15 is 0 Å². The van der Waals surface area contributed by atoms with Crippen LogP contribution in [-0.4, -0.2) is 12.9 Å². The Morgan fingerprint density at radius 1 is 1.41 bits per heavy atom. The Balaban J connectivity index is 2.40. The van der Waals surface area contributed by atoms with Crippen LogP contribution in [0.3, 0.4) is 0 Å². The molecule has 2 nitrogen and oxygen atoms in total. The highest BCUT2D eigenvalue weighted by molar-refractivity contribution is 7.12. The third-order valence-corrected chi connectivity index (χ3v) is 3.44. The standard InChI is InChI=1S/C12H8ClFO2S/c1-16-10-4-5-17-12(10)11(15)7-2-3-8(13)9(14)6-7/h2-6H,1H3. The molecule has 0 fully saturated rings. The van der Waals surface area contributed by atoms with Crippen molar-refractivity contribution in [3.63, 3.8) is 0 Å². The van der Waals surface area contributed by atoms with Crippen LogP contribution >= 0.6 is 22.9 Å². The Morgan fingerprint density at radius 3 is 2.82 bits per heavy atom. The van der Waals surface area contributed by atoms with E-state index in [4.69, 9.17) is 16.3 Å². The number of benzene rings is 1. The van der Waals surface area contributed by atoms with Crippen molar-refractivity contribution < 1.29 is 13.9 Å². The van der Waals surface area contributed by atoms with Crippen molar-refractivity contribution in [1.29, 1.82) is 0 Å². The maximum absolute atomic E-state index is 13.3. The summed E-state index contributed by atoms with van der Waals surface area (Å²) in [5.74, 6) is -0.379. The molecule has 0 amide bonds. The van der Waals surface area contributed by atoms with Gasteiger partial charge in [0, 0.05) is 5.56 Å². The molecule has 0 N–H and O–H groups in total. The highest BCUT2D eigenvalue weighted by Crippen LogP contribution is 2.28. The molecule has 1 aromatic carbocycles. The molecule has 0 atom stereocenters. The van der Waals surface area contributed by atoms with Gasteiger partial charge >= 0.3 is 0 Å². The largest absolute Gasteiger partial charge is 0.495 e. The van der Waals surface area contributed by atoms with E-state index in [2.05, 4.69) is 0 Å². The van der Waals surface area contributed by atoms with Crippen molar-refractivity contribution >= 4 is 28.7 Å². The third kappa shape index (κ3) is 2.33. The fraction of sp³-hybridized carbons (Fsp3) is 0.0833. The normalized spacial score (nSPS) is 10.3. The number of ether oxygens (including phenoxy) is 1. The molecule has 88 valence electrons. The average molecular weight is 271 g/mol. The van der Waals surface area contributed by atoms with Gasteiger partial charge in [-0.15, -0.1) is 11.3 Å². The molecule has 0 aliphatic rings. The van der Waals surface area contributed by atoms with Crippen LogP contribution < -0.4 is 4.74 Å². The Labute approximate surface area is 107 Å². The maximum Gasteiger partial charge on any atom is 0.206 e. The SMILES string of the molecule is COc1ccsc1C(=O)c1ccc(Cl)c(F)c1. The number of hydrogen-bond acceptors (Lipinski definition) is 3. The minimum absolute atomic E-state index is 0.000283. The molecule has 0 radical (unpaired) electrons. The van der Waals surface area contributed by atoms with Gasteiger partial charge in [-0.05, 0) is 29.6 Å². The van der Waals surface area contributed by atoms with Crippen LogP contribution in [0.15, 0.2) is 29.6 Å². The van der Waals surface area contributed by atoms with Crippen LogP contribution in [-0.2, 0) is 0 Å². The van der Waals surface area contributed by atoms with E-state index in [1.165, 1.54) is 30.6 Å². The minimum atomic E-state index is -0.604. The van der Waals surface area contributed by atoms with Crippen molar-refractivity contribution in [2.75, 3.05) is 7.11 Å². The average Bonchev–Trinajstić information content (AvgIpc) is 2.80. The predicted octanol–water partition coefficient (Wildman–Crippen LogP) is 3.78. The summed E-state index contributed by atoms with van der Waals surface area (Å²) in [5, 5.41) is 1.75. The van der Waals surface area contributed by atoms with Gasteiger partial charge in [-0.1, -0.05) is 11.6 Å². The van der Waals surface area contributed by atoms with Crippen molar-refractivity contribution in [2.45, 2.75) is 0 Å². The molecule has 2 aromatic rings. The number of rotatable bonds is 3. The zero-order chi connectivity index (χ0) is 12.4. The quantitative estimate of drug-likeness (QED) is 0.794. The molecule has 0 aliphatic heterocycles. The molecule has 0 spiro atoms. The molecule has 2 rings (SSSR count). The van der Waals surface area contributed by atoms with Crippen LogP contribution in [0.4, 0.5) is 4.39 Å². The van der Waals surface area contributed by atoms with Crippen LogP contribution in [0.25, 0.3) is 0 Å². The molecular weight excluding hydrogens is 263 g/mol. The van der Waals surface area contributed by atoms with E-state index < -0.39 is 5.82 Å². The summed E-state index contributed by atoms with van der Waals surface area (Å²) in [6.07, 6.45) is 0. The van der Waals surface area contributed by atoms with Crippen molar-refractivity contribution in [3.05, 3.63) is 50.9 Å². The molecule has 0 bridgehead atoms. The number of carbonyl (C=O) groups is 1. The van der Waals surface area contributed by atoms with Gasteiger partial charge in [0.2, 0.25) is 5.78 Å². The summed E-state index contributed by atoms with van der Waals surface area (Å²) in [6, 6.07) is 5.69. The van der Waals surface area contributed by atoms with Crippen LogP contribution in [0.1, 0.15) is 15.2 Å². The van der Waals surface area contributed by atoms with Crippen LogP contribution in [0.2, 0.25) is 5.02 Å². The number of hydrogen-bond donors (Lipinski definition) is 0. The van der Waals surface area contributed by atoms with Gasteiger partial charge in [-0.25, -0.2) is 4.39 Å². The van der Waals surface area contributed by atoms with Gasteiger partial charge in [0.1, 0.15) is 16.4 Å². The van der Waals surface area contributed by atoms with Crippen molar-refractivity contribution in [2.24, 2.45) is 0 Å². The lowest BCUT2D eigenvalue weighted by atomic mass is 10.1. The fourth-order valence-electron chi connectivity index (χ4n) is 1.39. The highest BCUT2D eigenvalue weighted by atomic mass is 35.5. The van der Waals surface area contributed by atoms with E-state index in [-0.39, 0.29) is 16.4 Å². The Hall–Kier alpha value is -1.39. The molecule has 0 aliphatic carbocycles. The first-order valence-corrected chi connectivity index (χ1v) is 6.00. The van der Waals surface area contributed by atoms with Gasteiger partial charge < -0.3 is 4.74 Å². The lowest BCUT2D eigenvalue weighted by molar-refractivity contribution is 0.103. The molecule has 17 heavy (non-hydrogen) atoms. The summed E-state index contributed by atoms with van der Waals surface area (Å²) >= 11 is 6.82. The van der Waals surface area contributed by atoms with E-state index in [0.29, 0.717) is 10.6 Å². The summed E-state index contributed by atoms with van der Waals surface area (Å²) in [5.41, 5.74) is 0.257. The highest BCUT2D eigenvalue weighted by Gasteiger charge is 2.17. The molecular formula is C12H8ClFO2S. The first-order chi connectivity index (χ1) is 8.13. The second-order valence-electron chi connectivity index (χ2n) is 3.28. The van der Waals surface area contributed by atoms with E-state index in [0.717, 1.165) is 6.07 Å². The molecule has 1 aromatic heterocycles. The van der Waals surface area contributed by atoms with Crippen LogP contribution in [0, 0.1) is 5.82 Å². The number of carbonyl (C=O) groups excluding carboxylic acids is 1. The van der Waals surface area contributed by atoms with Crippen molar-refractivity contribution in [1.82, 2.24) is 0 Å². The number of thiophene rings is 1. The van der Waals surface area contributed by atoms with Gasteiger partial charge in [0.15, 0.2) is 0 Å². The van der Waals surface area contributed by atoms with Crippen LogP contribution in [0.5, 0.6) is 5.75 Å². The summed E-state index contributed by atoms with van der Waals surface area (Å²) < 4.78 is 18.3. The minimum Gasteiger partial charge on any atom is -0.495 e. The molecule has 0 saturated heterocycles. The van der Waals surface area contributed by atoms with Gasteiger partial charge in [-0.3, -0.25) is 4.79 Å². The Bertz CT molecular complexity index is 565. The lowest BCUT2D eigenvalue weighted by Crippen LogP contribution is -2.01. The Morgan fingerprint density at radius 2 is 2.18 bits per heavy atom. The van der Waals surface area contributed by atoms with Gasteiger partial charge in [0.05, 0.1) is 12.1 Å². The zero-order valence-corrected chi connectivity index (χ0v) is 10.4. The molecule has 0 unspecified atom stereocenters. The first kappa shape index (κ1) is 12.1. The molecule has 1 heterocycles. The monoisotopic (exact) mass is 270 g/mol. The van der Waals surface area contributed by atoms with E-state index in [9.17, 15) is 9.18 Å². The second-order valence-corrected chi connectivity index (χ2v) is 4.60. The summed E-state index contributed by atoms with van der Waals surface area (Å²) in [6.45, 7) is 0. The summed E-state index contributed by atoms with van der Waals surface area (Å²) in [7, 11) is 1.49. The summed E-state index contributed by atoms with van der Waals surface area (Å²) in [4.78, 5) is 12.5.